The van der Waals surface area contributed by atoms with Crippen LogP contribution in [0.2, 0.25) is 0 Å². The van der Waals surface area contributed by atoms with Crippen molar-refractivity contribution >= 4 is 18.5 Å². The number of hydrogen-bond donors (Lipinski definition) is 1. The molecule has 13 heavy (non-hydrogen) atoms. The van der Waals surface area contributed by atoms with Gasteiger partial charge in [-0.25, -0.2) is 4.79 Å². The highest BCUT2D eigenvalue weighted by atomic mass is 16.5. The summed E-state index contributed by atoms with van der Waals surface area (Å²) in [5.41, 5.74) is -0.313. The van der Waals surface area contributed by atoms with Gasteiger partial charge in [0.1, 0.15) is 24.6 Å². The Kier molecular flexibility index (Phi) is 4.61. The van der Waals surface area contributed by atoms with E-state index in [1.54, 1.807) is 0 Å². The van der Waals surface area contributed by atoms with Crippen LogP contribution >= 0.6 is 0 Å². The van der Waals surface area contributed by atoms with Gasteiger partial charge in [0.15, 0.2) is 0 Å². The lowest BCUT2D eigenvalue weighted by atomic mass is 9.99. The summed E-state index contributed by atoms with van der Waals surface area (Å²) in [6, 6.07) is 0. The van der Waals surface area contributed by atoms with E-state index >= 15 is 0 Å². The molecular weight excluding hydrogens is 176 g/mol. The van der Waals surface area contributed by atoms with E-state index in [0.29, 0.717) is 0 Å². The molecule has 0 amide bonds. The molecule has 0 saturated carbocycles. The first kappa shape index (κ1) is 11.5. The van der Waals surface area contributed by atoms with Gasteiger partial charge in [0.2, 0.25) is 0 Å². The number of aliphatic hydroxyl groups is 1. The van der Waals surface area contributed by atoms with Crippen molar-refractivity contribution in [3.8, 4) is 0 Å². The fourth-order valence-corrected chi connectivity index (χ4v) is 0.665. The lowest BCUT2D eigenvalue weighted by molar-refractivity contribution is -0.137. The molecule has 5 heteroatoms. The smallest absolute Gasteiger partial charge is 0.335 e. The van der Waals surface area contributed by atoms with Crippen LogP contribution in [-0.4, -0.2) is 36.9 Å². The largest absolute Gasteiger partial charge is 0.466 e. The van der Waals surface area contributed by atoms with Crippen LogP contribution in [0, 0.1) is 5.92 Å². The summed E-state index contributed by atoms with van der Waals surface area (Å²) >= 11 is 0. The molecule has 0 fully saturated rings. The molecule has 0 aliphatic carbocycles. The van der Waals surface area contributed by atoms with Crippen LogP contribution in [0.25, 0.3) is 0 Å². The summed E-state index contributed by atoms with van der Waals surface area (Å²) in [5, 5.41) is 9.22. The molecule has 0 aliphatic rings. The van der Waals surface area contributed by atoms with Crippen molar-refractivity contribution < 1.29 is 24.2 Å². The van der Waals surface area contributed by atoms with Gasteiger partial charge in [-0.1, -0.05) is 6.58 Å². The van der Waals surface area contributed by atoms with Crippen molar-refractivity contribution in [3.05, 3.63) is 12.2 Å². The standard InChI is InChI=1S/C8H10O5/c1-5(8(12)13-2)7(11)6(3-9)4-10/h3-4,6-7,11H,1H2,2H3/t7-/m0/s1. The van der Waals surface area contributed by atoms with Crippen LogP contribution in [0.4, 0.5) is 0 Å². The van der Waals surface area contributed by atoms with E-state index in [1.807, 2.05) is 0 Å². The molecule has 0 radical (unpaired) electrons. The average Bonchev–Trinajstić information content (AvgIpc) is 2.17. The highest BCUT2D eigenvalue weighted by Crippen LogP contribution is 2.08. The first-order chi connectivity index (χ1) is 6.08. The topological polar surface area (TPSA) is 80.7 Å². The highest BCUT2D eigenvalue weighted by molar-refractivity contribution is 5.91. The van der Waals surface area contributed by atoms with E-state index < -0.39 is 18.0 Å². The van der Waals surface area contributed by atoms with Crippen LogP contribution in [0.15, 0.2) is 12.2 Å². The van der Waals surface area contributed by atoms with Crippen LogP contribution in [0.5, 0.6) is 0 Å². The minimum Gasteiger partial charge on any atom is -0.466 e. The minimum atomic E-state index is -1.51. The van der Waals surface area contributed by atoms with E-state index in [4.69, 9.17) is 0 Å². The second-order valence-electron chi connectivity index (χ2n) is 2.31. The lowest BCUT2D eigenvalue weighted by Crippen LogP contribution is -2.28. The molecule has 0 aliphatic heterocycles. The number of esters is 1. The second-order valence-corrected chi connectivity index (χ2v) is 2.31. The van der Waals surface area contributed by atoms with Gasteiger partial charge in [0.25, 0.3) is 0 Å². The fraction of sp³-hybridized carbons (Fsp3) is 0.375. The molecule has 0 rings (SSSR count). The molecule has 0 aromatic rings. The Hall–Kier alpha value is -1.49. The Labute approximate surface area is 75.0 Å². The Morgan fingerprint density at radius 3 is 2.23 bits per heavy atom. The monoisotopic (exact) mass is 186 g/mol. The number of aliphatic hydroxyl groups excluding tert-OH is 1. The number of ether oxygens (including phenoxy) is 1. The zero-order valence-electron chi connectivity index (χ0n) is 7.10. The molecule has 1 atom stereocenters. The van der Waals surface area contributed by atoms with Crippen LogP contribution in [0.3, 0.4) is 0 Å². The van der Waals surface area contributed by atoms with E-state index in [1.165, 1.54) is 0 Å². The quantitative estimate of drug-likeness (QED) is 0.260. The summed E-state index contributed by atoms with van der Waals surface area (Å²) in [4.78, 5) is 31.2. The number of carbonyl (C=O) groups excluding carboxylic acids is 3. The maximum absolute atomic E-state index is 10.8. The zero-order valence-corrected chi connectivity index (χ0v) is 7.10. The third-order valence-corrected chi connectivity index (χ3v) is 1.48. The summed E-state index contributed by atoms with van der Waals surface area (Å²) in [7, 11) is 1.11. The lowest BCUT2D eigenvalue weighted by Gasteiger charge is -2.12. The molecule has 0 unspecified atom stereocenters. The average molecular weight is 186 g/mol. The van der Waals surface area contributed by atoms with Gasteiger partial charge in [-0.3, -0.25) is 0 Å². The van der Waals surface area contributed by atoms with Crippen molar-refractivity contribution in [2.75, 3.05) is 7.11 Å². The van der Waals surface area contributed by atoms with Gasteiger partial charge in [0, 0.05) is 0 Å². The molecule has 5 nitrogen and oxygen atoms in total. The first-order valence-electron chi connectivity index (χ1n) is 3.44. The van der Waals surface area contributed by atoms with E-state index in [0.717, 1.165) is 7.11 Å². The van der Waals surface area contributed by atoms with Crippen molar-refractivity contribution in [1.29, 1.82) is 0 Å². The molecule has 1 N–H and O–H groups in total. The maximum Gasteiger partial charge on any atom is 0.335 e. The predicted octanol–water partition coefficient (Wildman–Crippen LogP) is -0.910. The molecule has 0 bridgehead atoms. The van der Waals surface area contributed by atoms with Gasteiger partial charge < -0.3 is 19.4 Å². The number of hydrogen-bond acceptors (Lipinski definition) is 5. The van der Waals surface area contributed by atoms with Gasteiger partial charge in [-0.2, -0.15) is 0 Å². The third-order valence-electron chi connectivity index (χ3n) is 1.48. The van der Waals surface area contributed by atoms with Crippen molar-refractivity contribution in [3.63, 3.8) is 0 Å². The zero-order chi connectivity index (χ0) is 10.4. The highest BCUT2D eigenvalue weighted by Gasteiger charge is 2.25. The number of aldehydes is 2. The Morgan fingerprint density at radius 2 is 1.92 bits per heavy atom. The summed E-state index contributed by atoms with van der Waals surface area (Å²) in [6.07, 6.45) is -1.03. The van der Waals surface area contributed by atoms with Crippen molar-refractivity contribution in [2.24, 2.45) is 5.92 Å². The van der Waals surface area contributed by atoms with Gasteiger partial charge in [-0.15, -0.1) is 0 Å². The van der Waals surface area contributed by atoms with Crippen molar-refractivity contribution in [1.82, 2.24) is 0 Å². The molecule has 0 heterocycles. The Balaban J connectivity index is 4.48. The van der Waals surface area contributed by atoms with Crippen LogP contribution < -0.4 is 0 Å². The number of rotatable bonds is 5. The molecule has 0 aromatic carbocycles. The molecule has 0 aromatic heterocycles. The maximum atomic E-state index is 10.8. The first-order valence-corrected chi connectivity index (χ1v) is 3.44. The fourth-order valence-electron chi connectivity index (χ4n) is 0.665. The van der Waals surface area contributed by atoms with E-state index in [-0.39, 0.29) is 18.1 Å². The Morgan fingerprint density at radius 1 is 1.46 bits per heavy atom. The summed E-state index contributed by atoms with van der Waals surface area (Å²) in [6.45, 7) is 3.20. The van der Waals surface area contributed by atoms with Gasteiger partial charge >= 0.3 is 5.97 Å². The third kappa shape index (κ3) is 2.79. The molecule has 72 valence electrons. The number of carbonyl (C=O) groups is 3. The van der Waals surface area contributed by atoms with Gasteiger partial charge in [0.05, 0.1) is 12.7 Å². The van der Waals surface area contributed by atoms with Crippen LogP contribution in [0.1, 0.15) is 0 Å². The van der Waals surface area contributed by atoms with E-state index in [9.17, 15) is 19.5 Å². The van der Waals surface area contributed by atoms with Gasteiger partial charge in [-0.05, 0) is 0 Å². The molecular formula is C8H10O5. The number of methoxy groups -OCH3 is 1. The normalized spacial score (nSPS) is 11.9. The van der Waals surface area contributed by atoms with E-state index in [2.05, 4.69) is 11.3 Å². The molecule has 0 saturated heterocycles. The van der Waals surface area contributed by atoms with Crippen LogP contribution in [-0.2, 0) is 19.1 Å². The second kappa shape index (κ2) is 5.21. The summed E-state index contributed by atoms with van der Waals surface area (Å²) < 4.78 is 4.24. The molecule has 0 spiro atoms. The predicted molar refractivity (Wildman–Crippen MR) is 42.8 cm³/mol. The van der Waals surface area contributed by atoms with Crippen molar-refractivity contribution in [2.45, 2.75) is 6.10 Å². The Bertz CT molecular complexity index is 225. The minimum absolute atomic E-state index is 0.242. The SMILES string of the molecule is C=C(C(=O)OC)[C@H](O)C(C=O)C=O. The summed E-state index contributed by atoms with van der Waals surface area (Å²) in [5.74, 6) is -2.12.